The van der Waals surface area contributed by atoms with Gasteiger partial charge in [-0.15, -0.1) is 34.0 Å². The summed E-state index contributed by atoms with van der Waals surface area (Å²) in [5.41, 5.74) is 5.38. The minimum absolute atomic E-state index is 0.748. The molecule has 0 saturated carbocycles. The summed E-state index contributed by atoms with van der Waals surface area (Å²) in [5.74, 6) is 0. The topological polar surface area (TPSA) is 117 Å². The molecule has 0 aliphatic carbocycles. The highest BCUT2D eigenvalue weighted by Crippen LogP contribution is 2.31. The van der Waals surface area contributed by atoms with E-state index in [4.69, 9.17) is 15.0 Å². The first-order valence-corrected chi connectivity index (χ1v) is 20.7. The Morgan fingerprint density at radius 1 is 0.418 bits per heavy atom. The van der Waals surface area contributed by atoms with Crippen LogP contribution in [-0.2, 0) is 0 Å². The van der Waals surface area contributed by atoms with Gasteiger partial charge in [-0.3, -0.25) is 19.9 Å². The third-order valence-corrected chi connectivity index (χ3v) is 11.8. The molecule has 9 rings (SSSR count). The molecule has 0 aliphatic rings. The fraction of sp³-hybridized carbons (Fsp3) is 0.143. The summed E-state index contributed by atoms with van der Waals surface area (Å²) in [6, 6.07) is 31.0. The van der Waals surface area contributed by atoms with E-state index in [1.165, 1.54) is 0 Å². The predicted octanol–water partition coefficient (Wildman–Crippen LogP) is 9.64. The van der Waals surface area contributed by atoms with Crippen LogP contribution in [0, 0.1) is 0 Å². The van der Waals surface area contributed by atoms with Gasteiger partial charge in [0.15, 0.2) is 15.4 Å². The first-order chi connectivity index (χ1) is 27.2. The zero-order valence-corrected chi connectivity index (χ0v) is 32.2. The lowest BCUT2D eigenvalue weighted by molar-refractivity contribution is 0.306. The van der Waals surface area contributed by atoms with Crippen molar-refractivity contribution in [2.45, 2.75) is 0 Å². The van der Waals surface area contributed by atoms with Crippen LogP contribution >= 0.6 is 34.0 Å². The van der Waals surface area contributed by atoms with Gasteiger partial charge in [0.1, 0.15) is 17.1 Å². The number of pyridine rings is 3. The number of benzene rings is 3. The highest BCUT2D eigenvalue weighted by atomic mass is 32.1. The average molecular weight is 777 g/mol. The quantitative estimate of drug-likeness (QED) is 0.0930. The van der Waals surface area contributed by atoms with E-state index in [0.717, 1.165) is 121 Å². The van der Waals surface area contributed by atoms with Gasteiger partial charge in [0.2, 0.25) is 0 Å². The second kappa shape index (κ2) is 16.2. The fourth-order valence-corrected chi connectivity index (χ4v) is 8.83. The first-order valence-electron chi connectivity index (χ1n) is 18.1. The zero-order valence-electron chi connectivity index (χ0n) is 29.7. The Kier molecular flexibility index (Phi) is 10.3. The normalized spacial score (nSPS) is 11.5. The molecule has 0 fully saturated rings. The summed E-state index contributed by atoms with van der Waals surface area (Å²) >= 11 is 4.82. The lowest BCUT2D eigenvalue weighted by Gasteiger charge is -2.22. The van der Waals surface area contributed by atoms with E-state index in [9.17, 15) is 0 Å². The van der Waals surface area contributed by atoms with Gasteiger partial charge in [-0.2, -0.15) is 0 Å². The maximum atomic E-state index is 4.90. The number of hydrogen-bond acceptors (Lipinski definition) is 13. The molecule has 55 heavy (non-hydrogen) atoms. The molecule has 13 heteroatoms. The van der Waals surface area contributed by atoms with Gasteiger partial charge in [0, 0.05) is 90.2 Å². The third kappa shape index (κ3) is 7.87. The SMILES string of the molecule is c1ccc2c(-c3csc(NCCN(CCNc4nc(-c5nccc6ccccc56)cs4)CCNc4nc(-c5nccc6ccccc56)cs4)n3)nccc2c1. The smallest absolute Gasteiger partial charge is 0.183 e. The molecule has 10 nitrogen and oxygen atoms in total. The molecular formula is C42H36N10S3. The number of nitrogens with one attached hydrogen (secondary N) is 3. The minimum atomic E-state index is 0.748. The van der Waals surface area contributed by atoms with Gasteiger partial charge in [-0.05, 0) is 34.4 Å². The first kappa shape index (κ1) is 34.9. The van der Waals surface area contributed by atoms with Crippen LogP contribution < -0.4 is 16.0 Å². The number of fused-ring (bicyclic) bond motifs is 3. The maximum absolute atomic E-state index is 4.90. The van der Waals surface area contributed by atoms with E-state index >= 15 is 0 Å². The van der Waals surface area contributed by atoms with E-state index in [2.05, 4.69) is 88.3 Å². The second-order valence-electron chi connectivity index (χ2n) is 12.9. The third-order valence-electron chi connectivity index (χ3n) is 9.37. The number of thiazole rings is 3. The lowest BCUT2D eigenvalue weighted by Crippen LogP contribution is -2.36. The number of nitrogens with zero attached hydrogens (tertiary/aromatic N) is 7. The van der Waals surface area contributed by atoms with Crippen LogP contribution in [0.1, 0.15) is 0 Å². The van der Waals surface area contributed by atoms with Gasteiger partial charge in [-0.25, -0.2) is 15.0 Å². The Balaban J connectivity index is 0.848. The molecule has 9 aromatic rings. The van der Waals surface area contributed by atoms with Crippen molar-refractivity contribution in [1.29, 1.82) is 0 Å². The van der Waals surface area contributed by atoms with Crippen LogP contribution in [0.2, 0.25) is 0 Å². The minimum Gasteiger partial charge on any atom is -0.360 e. The van der Waals surface area contributed by atoms with E-state index in [1.54, 1.807) is 34.0 Å². The van der Waals surface area contributed by atoms with Crippen molar-refractivity contribution in [3.63, 3.8) is 0 Å². The number of aromatic nitrogens is 6. The Morgan fingerprint density at radius 2 is 0.745 bits per heavy atom. The van der Waals surface area contributed by atoms with Crippen LogP contribution in [0.3, 0.4) is 0 Å². The summed E-state index contributed by atoms with van der Waals surface area (Å²) in [6.07, 6.45) is 5.55. The van der Waals surface area contributed by atoms with Crippen molar-refractivity contribution in [3.05, 3.63) is 126 Å². The second-order valence-corrected chi connectivity index (χ2v) is 15.5. The largest absolute Gasteiger partial charge is 0.360 e. The van der Waals surface area contributed by atoms with E-state index in [-0.39, 0.29) is 0 Å². The molecule has 3 aromatic carbocycles. The van der Waals surface area contributed by atoms with Crippen LogP contribution in [0.4, 0.5) is 15.4 Å². The van der Waals surface area contributed by atoms with Gasteiger partial charge < -0.3 is 16.0 Å². The van der Waals surface area contributed by atoms with Crippen LogP contribution in [0.25, 0.3) is 66.5 Å². The van der Waals surface area contributed by atoms with Crippen molar-refractivity contribution in [2.75, 3.05) is 55.2 Å². The van der Waals surface area contributed by atoms with Crippen molar-refractivity contribution < 1.29 is 0 Å². The summed E-state index contributed by atoms with van der Waals surface area (Å²) in [6.45, 7) is 4.74. The molecule has 6 aromatic heterocycles. The fourth-order valence-electron chi connectivity index (χ4n) is 6.66. The molecule has 272 valence electrons. The Hall–Kier alpha value is -5.86. The molecule has 0 saturated heterocycles. The van der Waals surface area contributed by atoms with Gasteiger partial charge >= 0.3 is 0 Å². The summed E-state index contributed by atoms with van der Waals surface area (Å²) in [7, 11) is 0. The molecule has 3 N–H and O–H groups in total. The predicted molar refractivity (Wildman–Crippen MR) is 230 cm³/mol. The number of anilines is 3. The molecular weight excluding hydrogens is 741 g/mol. The zero-order chi connectivity index (χ0) is 36.8. The van der Waals surface area contributed by atoms with Crippen molar-refractivity contribution >= 4 is 81.7 Å². The number of hydrogen-bond donors (Lipinski definition) is 3. The standard InChI is InChI=1S/C42H36N10S3/c1-4-10-31-28(7-1)13-16-43-37(31)34-25-53-40(49-34)46-19-22-52(23-20-47-41-50-35(26-54-41)38-32-11-5-2-8-29(32)14-17-44-38)24-21-48-42-51-36(27-55-42)39-33-12-6-3-9-30(33)15-18-45-39/h1-18,25-27H,19-24H2,(H,46,49)(H,47,50)(H,48,51). The molecule has 0 atom stereocenters. The molecule has 0 bridgehead atoms. The molecule has 6 heterocycles. The van der Waals surface area contributed by atoms with Gasteiger partial charge in [0.05, 0.1) is 17.1 Å². The Bertz CT molecular complexity index is 2390. The van der Waals surface area contributed by atoms with E-state index < -0.39 is 0 Å². The van der Waals surface area contributed by atoms with Crippen molar-refractivity contribution in [1.82, 2.24) is 34.8 Å². The Morgan fingerprint density at radius 3 is 1.09 bits per heavy atom. The van der Waals surface area contributed by atoms with Crippen LogP contribution in [0.15, 0.2) is 126 Å². The van der Waals surface area contributed by atoms with Crippen LogP contribution in [-0.4, -0.2) is 74.1 Å². The summed E-state index contributed by atoms with van der Waals surface area (Å²) in [5, 5.41) is 26.4. The molecule has 0 radical (unpaired) electrons. The molecule has 0 spiro atoms. The Labute approximate surface area is 330 Å². The van der Waals surface area contributed by atoms with Crippen molar-refractivity contribution in [2.24, 2.45) is 0 Å². The van der Waals surface area contributed by atoms with Crippen molar-refractivity contribution in [3.8, 4) is 34.2 Å². The van der Waals surface area contributed by atoms with E-state index in [1.807, 2.05) is 73.2 Å². The van der Waals surface area contributed by atoms with Crippen LogP contribution in [0.5, 0.6) is 0 Å². The molecule has 0 amide bonds. The highest BCUT2D eigenvalue weighted by Gasteiger charge is 2.14. The molecule has 0 aliphatic heterocycles. The van der Waals surface area contributed by atoms with E-state index in [0.29, 0.717) is 0 Å². The summed E-state index contributed by atoms with van der Waals surface area (Å²) < 4.78 is 0. The monoisotopic (exact) mass is 776 g/mol. The summed E-state index contributed by atoms with van der Waals surface area (Å²) in [4.78, 5) is 31.1. The lowest BCUT2D eigenvalue weighted by atomic mass is 10.1. The average Bonchev–Trinajstić information content (AvgIpc) is 4.02. The maximum Gasteiger partial charge on any atom is 0.183 e. The highest BCUT2D eigenvalue weighted by molar-refractivity contribution is 7.14. The molecule has 0 unspecified atom stereocenters. The number of rotatable bonds is 15. The van der Waals surface area contributed by atoms with Gasteiger partial charge in [-0.1, -0.05) is 72.8 Å². The van der Waals surface area contributed by atoms with Gasteiger partial charge in [0.25, 0.3) is 0 Å².